The minimum Gasteiger partial charge on any atom is -0.388 e. The van der Waals surface area contributed by atoms with Gasteiger partial charge in [-0.2, -0.15) is 5.10 Å². The van der Waals surface area contributed by atoms with E-state index in [9.17, 15) is 9.90 Å². The van der Waals surface area contributed by atoms with Crippen molar-refractivity contribution in [3.05, 3.63) is 41.0 Å². The van der Waals surface area contributed by atoms with Crippen LogP contribution in [0, 0.1) is 0 Å². The molecule has 1 aliphatic carbocycles. The Morgan fingerprint density at radius 3 is 2.82 bits per heavy atom. The highest BCUT2D eigenvalue weighted by Gasteiger charge is 2.34. The zero-order valence-electron chi connectivity index (χ0n) is 12.3. The zero-order valence-corrected chi connectivity index (χ0v) is 13.1. The number of hydrogen-bond acceptors (Lipinski definition) is 3. The van der Waals surface area contributed by atoms with Crippen LogP contribution in [0.3, 0.4) is 0 Å². The van der Waals surface area contributed by atoms with Gasteiger partial charge in [-0.1, -0.05) is 29.8 Å². The van der Waals surface area contributed by atoms with Gasteiger partial charge in [-0.25, -0.2) is 0 Å². The summed E-state index contributed by atoms with van der Waals surface area (Å²) in [6.45, 7) is 0.267. The first-order valence-electron chi connectivity index (χ1n) is 7.28. The molecule has 0 bridgehead atoms. The number of amides is 1. The van der Waals surface area contributed by atoms with E-state index in [1.54, 1.807) is 24.0 Å². The Morgan fingerprint density at radius 1 is 1.45 bits per heavy atom. The van der Waals surface area contributed by atoms with Crippen LogP contribution in [-0.4, -0.2) is 32.9 Å². The van der Waals surface area contributed by atoms with Crippen LogP contribution >= 0.6 is 11.6 Å². The van der Waals surface area contributed by atoms with Gasteiger partial charge in [0, 0.05) is 25.4 Å². The summed E-state index contributed by atoms with van der Waals surface area (Å²) in [6.07, 6.45) is 4.14. The van der Waals surface area contributed by atoms with E-state index in [-0.39, 0.29) is 12.5 Å². The van der Waals surface area contributed by atoms with Gasteiger partial charge in [0.25, 0.3) is 5.91 Å². The van der Waals surface area contributed by atoms with E-state index < -0.39 is 5.60 Å². The lowest BCUT2D eigenvalue weighted by Crippen LogP contribution is -2.47. The van der Waals surface area contributed by atoms with E-state index in [2.05, 4.69) is 10.4 Å². The highest BCUT2D eigenvalue weighted by atomic mass is 35.5. The summed E-state index contributed by atoms with van der Waals surface area (Å²) in [5.74, 6) is -0.247. The average Bonchev–Trinajstić information content (AvgIpc) is 2.85. The van der Waals surface area contributed by atoms with Crippen molar-refractivity contribution in [1.29, 1.82) is 0 Å². The predicted octanol–water partition coefficient (Wildman–Crippen LogP) is 2.39. The minimum atomic E-state index is -0.748. The number of carbonyl (C=O) groups is 1. The second kappa shape index (κ2) is 5.74. The molecule has 3 rings (SSSR count). The van der Waals surface area contributed by atoms with Crippen molar-refractivity contribution in [1.82, 2.24) is 15.1 Å². The van der Waals surface area contributed by atoms with Crippen molar-refractivity contribution in [2.45, 2.75) is 24.9 Å². The van der Waals surface area contributed by atoms with Gasteiger partial charge in [0.2, 0.25) is 0 Å². The fourth-order valence-corrected chi connectivity index (χ4v) is 2.83. The van der Waals surface area contributed by atoms with Crippen LogP contribution in [0.4, 0.5) is 0 Å². The molecule has 1 aromatic heterocycles. The van der Waals surface area contributed by atoms with E-state index in [1.165, 1.54) is 0 Å². The van der Waals surface area contributed by atoms with Crippen LogP contribution in [0.25, 0.3) is 11.3 Å². The maximum Gasteiger partial charge on any atom is 0.255 e. The molecule has 1 aliphatic rings. The number of aromatic nitrogens is 2. The smallest absolute Gasteiger partial charge is 0.255 e. The molecule has 0 spiro atoms. The van der Waals surface area contributed by atoms with Gasteiger partial charge < -0.3 is 10.4 Å². The summed E-state index contributed by atoms with van der Waals surface area (Å²) in [4.78, 5) is 12.4. The van der Waals surface area contributed by atoms with Crippen LogP contribution in [0.1, 0.15) is 29.6 Å². The molecular weight excluding hydrogens is 302 g/mol. The number of aliphatic hydroxyl groups is 1. The molecule has 0 unspecified atom stereocenters. The van der Waals surface area contributed by atoms with E-state index in [0.717, 1.165) is 24.8 Å². The normalized spacial score (nSPS) is 16.1. The molecule has 0 aliphatic heterocycles. The van der Waals surface area contributed by atoms with Crippen molar-refractivity contribution in [3.63, 3.8) is 0 Å². The standard InChI is InChI=1S/C16H18ClN3O2/c1-20-9-12(15(21)18-10-16(22)7-4-8-16)14(19-20)11-5-2-3-6-13(11)17/h2-3,5-6,9,22H,4,7-8,10H2,1H3,(H,18,21). The van der Waals surface area contributed by atoms with Crippen molar-refractivity contribution in [2.24, 2.45) is 7.05 Å². The van der Waals surface area contributed by atoms with Crippen LogP contribution in [0.15, 0.2) is 30.5 Å². The van der Waals surface area contributed by atoms with Crippen LogP contribution in [0.5, 0.6) is 0 Å². The maximum atomic E-state index is 12.4. The third-order valence-electron chi connectivity index (χ3n) is 4.06. The van der Waals surface area contributed by atoms with Gasteiger partial charge in [0.15, 0.2) is 0 Å². The quantitative estimate of drug-likeness (QED) is 0.909. The Balaban J connectivity index is 1.85. The molecule has 1 heterocycles. The Morgan fingerprint density at radius 2 is 2.18 bits per heavy atom. The van der Waals surface area contributed by atoms with Crippen molar-refractivity contribution in [2.75, 3.05) is 6.54 Å². The molecule has 0 atom stereocenters. The summed E-state index contributed by atoms with van der Waals surface area (Å²) >= 11 is 6.20. The Labute approximate surface area is 133 Å². The number of carbonyl (C=O) groups excluding carboxylic acids is 1. The van der Waals surface area contributed by atoms with Gasteiger partial charge in [-0.05, 0) is 25.3 Å². The Kier molecular flexibility index (Phi) is 3.93. The fourth-order valence-electron chi connectivity index (χ4n) is 2.61. The number of halogens is 1. The number of nitrogens with zero attached hydrogens (tertiary/aromatic N) is 2. The van der Waals surface area contributed by atoms with E-state index in [1.807, 2.05) is 18.2 Å². The molecule has 6 heteroatoms. The van der Waals surface area contributed by atoms with Gasteiger partial charge in [0.05, 0.1) is 16.2 Å². The molecule has 1 saturated carbocycles. The van der Waals surface area contributed by atoms with Gasteiger partial charge in [-0.15, -0.1) is 0 Å². The molecule has 116 valence electrons. The third-order valence-corrected chi connectivity index (χ3v) is 4.39. The predicted molar refractivity (Wildman–Crippen MR) is 84.8 cm³/mol. The highest BCUT2D eigenvalue weighted by Crippen LogP contribution is 2.31. The van der Waals surface area contributed by atoms with E-state index >= 15 is 0 Å². The summed E-state index contributed by atoms with van der Waals surface area (Å²) in [5.41, 5.74) is 0.976. The second-order valence-corrected chi connectivity index (χ2v) is 6.21. The summed E-state index contributed by atoms with van der Waals surface area (Å²) in [6, 6.07) is 7.29. The largest absolute Gasteiger partial charge is 0.388 e. The molecule has 1 aromatic carbocycles. The van der Waals surface area contributed by atoms with Crippen LogP contribution in [0.2, 0.25) is 5.02 Å². The molecule has 22 heavy (non-hydrogen) atoms. The lowest BCUT2D eigenvalue weighted by atomic mass is 9.80. The number of hydrogen-bond donors (Lipinski definition) is 2. The maximum absolute atomic E-state index is 12.4. The topological polar surface area (TPSA) is 67.2 Å². The minimum absolute atomic E-state index is 0.247. The van der Waals surface area contributed by atoms with E-state index in [4.69, 9.17) is 11.6 Å². The first-order chi connectivity index (χ1) is 10.5. The molecular formula is C16H18ClN3O2. The fraction of sp³-hybridized carbons (Fsp3) is 0.375. The summed E-state index contributed by atoms with van der Waals surface area (Å²) in [5, 5.41) is 17.8. The number of rotatable bonds is 4. The lowest BCUT2D eigenvalue weighted by Gasteiger charge is -2.36. The monoisotopic (exact) mass is 319 g/mol. The first kappa shape index (κ1) is 15.1. The number of aryl methyl sites for hydroxylation is 1. The summed E-state index contributed by atoms with van der Waals surface area (Å²) in [7, 11) is 1.76. The second-order valence-electron chi connectivity index (χ2n) is 5.81. The summed E-state index contributed by atoms with van der Waals surface area (Å²) < 4.78 is 1.59. The molecule has 2 N–H and O–H groups in total. The van der Waals surface area contributed by atoms with Gasteiger partial charge in [0.1, 0.15) is 5.69 Å². The lowest BCUT2D eigenvalue weighted by molar-refractivity contribution is -0.0300. The number of benzene rings is 1. The Hall–Kier alpha value is -1.85. The highest BCUT2D eigenvalue weighted by molar-refractivity contribution is 6.33. The molecule has 0 saturated heterocycles. The Bertz CT molecular complexity index is 707. The molecule has 2 aromatic rings. The van der Waals surface area contributed by atoms with Gasteiger partial charge >= 0.3 is 0 Å². The van der Waals surface area contributed by atoms with Crippen molar-refractivity contribution >= 4 is 17.5 Å². The third kappa shape index (κ3) is 2.87. The zero-order chi connectivity index (χ0) is 15.7. The molecule has 1 amide bonds. The number of nitrogens with one attached hydrogen (secondary N) is 1. The molecule has 5 nitrogen and oxygen atoms in total. The van der Waals surface area contributed by atoms with Crippen LogP contribution < -0.4 is 5.32 Å². The SMILES string of the molecule is Cn1cc(C(=O)NCC2(O)CCC2)c(-c2ccccc2Cl)n1. The first-order valence-corrected chi connectivity index (χ1v) is 7.65. The van der Waals surface area contributed by atoms with Crippen molar-refractivity contribution < 1.29 is 9.90 Å². The molecule has 1 fully saturated rings. The van der Waals surface area contributed by atoms with Crippen LogP contribution in [-0.2, 0) is 7.05 Å². The molecule has 0 radical (unpaired) electrons. The van der Waals surface area contributed by atoms with Crippen molar-refractivity contribution in [3.8, 4) is 11.3 Å². The van der Waals surface area contributed by atoms with E-state index in [0.29, 0.717) is 16.3 Å². The van der Waals surface area contributed by atoms with Gasteiger partial charge in [-0.3, -0.25) is 9.48 Å². The average molecular weight is 320 g/mol.